The summed E-state index contributed by atoms with van der Waals surface area (Å²) in [5.41, 5.74) is 1.26. The summed E-state index contributed by atoms with van der Waals surface area (Å²) < 4.78 is 13.7. The first kappa shape index (κ1) is 17.4. The van der Waals surface area contributed by atoms with E-state index in [0.717, 1.165) is 5.69 Å². The molecule has 0 saturated carbocycles. The van der Waals surface area contributed by atoms with Gasteiger partial charge in [0.25, 0.3) is 0 Å². The lowest BCUT2D eigenvalue weighted by molar-refractivity contribution is -0.128. The van der Waals surface area contributed by atoms with E-state index >= 15 is 0 Å². The van der Waals surface area contributed by atoms with Gasteiger partial charge in [-0.1, -0.05) is 24.3 Å². The zero-order valence-electron chi connectivity index (χ0n) is 13.4. The van der Waals surface area contributed by atoms with Gasteiger partial charge in [-0.05, 0) is 30.2 Å². The van der Waals surface area contributed by atoms with Gasteiger partial charge in [0, 0.05) is 11.9 Å². The minimum absolute atomic E-state index is 0.238. The van der Waals surface area contributed by atoms with E-state index in [1.807, 2.05) is 12.1 Å². The Morgan fingerprint density at radius 2 is 2.08 bits per heavy atom. The minimum atomic E-state index is -0.585. The van der Waals surface area contributed by atoms with E-state index in [-0.39, 0.29) is 17.6 Å². The summed E-state index contributed by atoms with van der Waals surface area (Å²) in [5, 5.41) is 5.11. The van der Waals surface area contributed by atoms with Crippen LogP contribution in [0.2, 0.25) is 0 Å². The summed E-state index contributed by atoms with van der Waals surface area (Å²) in [4.78, 5) is 28.6. The molecule has 0 unspecified atom stereocenters. The smallest absolute Gasteiger partial charge is 0.243 e. The third-order valence-corrected chi connectivity index (χ3v) is 5.23. The molecule has 25 heavy (non-hydrogen) atoms. The van der Waals surface area contributed by atoms with Gasteiger partial charge in [-0.2, -0.15) is 0 Å². The molecule has 2 aromatic rings. The van der Waals surface area contributed by atoms with Crippen LogP contribution in [0.4, 0.5) is 4.39 Å². The predicted octanol–water partition coefficient (Wildman–Crippen LogP) is 1.68. The summed E-state index contributed by atoms with van der Waals surface area (Å²) in [7, 11) is 0. The van der Waals surface area contributed by atoms with Crippen molar-refractivity contribution >= 4 is 23.6 Å². The van der Waals surface area contributed by atoms with E-state index in [1.165, 1.54) is 17.8 Å². The number of rotatable bonds is 5. The van der Waals surface area contributed by atoms with Crippen LogP contribution in [0.1, 0.15) is 11.3 Å². The fourth-order valence-electron chi connectivity index (χ4n) is 2.55. The number of nitrogens with zero attached hydrogens (tertiary/aromatic N) is 1. The average molecular weight is 359 g/mol. The zero-order chi connectivity index (χ0) is 17.6. The third-order valence-electron chi connectivity index (χ3n) is 3.92. The Labute approximate surface area is 149 Å². The average Bonchev–Trinajstić information content (AvgIpc) is 2.64. The number of carbonyl (C=O) groups excluding carboxylic acids is 2. The number of nitrogens with one attached hydrogen (secondary N) is 2. The number of aromatic nitrogens is 1. The standard InChI is InChI=1S/C18H18FN3O2S/c19-14-7-2-1-5-12(14)9-16-18(24)22-15(11-25-16)17(23)21-10-13-6-3-4-8-20-13/h1-8,15-16H,9-11H2,(H,21,23)(H,22,24)/t15-,16+/m1/s1. The van der Waals surface area contributed by atoms with Crippen molar-refractivity contribution in [3.63, 3.8) is 0 Å². The highest BCUT2D eigenvalue weighted by Crippen LogP contribution is 2.23. The molecule has 7 heteroatoms. The molecule has 1 fully saturated rings. The molecule has 0 spiro atoms. The van der Waals surface area contributed by atoms with Crippen molar-refractivity contribution in [2.45, 2.75) is 24.3 Å². The van der Waals surface area contributed by atoms with Gasteiger partial charge in [0.15, 0.2) is 0 Å². The van der Waals surface area contributed by atoms with Gasteiger partial charge in [0.1, 0.15) is 11.9 Å². The van der Waals surface area contributed by atoms with Crippen LogP contribution in [0.25, 0.3) is 0 Å². The Morgan fingerprint density at radius 3 is 2.80 bits per heavy atom. The van der Waals surface area contributed by atoms with Gasteiger partial charge < -0.3 is 10.6 Å². The Bertz CT molecular complexity index is 757. The first-order valence-corrected chi connectivity index (χ1v) is 9.01. The molecule has 2 heterocycles. The van der Waals surface area contributed by atoms with Crippen molar-refractivity contribution in [2.24, 2.45) is 0 Å². The molecule has 1 saturated heterocycles. The Morgan fingerprint density at radius 1 is 1.28 bits per heavy atom. The number of halogens is 1. The van der Waals surface area contributed by atoms with Crippen LogP contribution in [0, 0.1) is 5.82 Å². The Kier molecular flexibility index (Phi) is 5.65. The van der Waals surface area contributed by atoms with Crippen LogP contribution in [-0.2, 0) is 22.6 Å². The topological polar surface area (TPSA) is 71.1 Å². The van der Waals surface area contributed by atoms with Crippen molar-refractivity contribution in [3.8, 4) is 0 Å². The zero-order valence-corrected chi connectivity index (χ0v) is 14.3. The van der Waals surface area contributed by atoms with E-state index < -0.39 is 11.3 Å². The number of thioether (sulfide) groups is 1. The number of pyridine rings is 1. The second kappa shape index (κ2) is 8.11. The number of benzene rings is 1. The van der Waals surface area contributed by atoms with Gasteiger partial charge in [-0.15, -0.1) is 11.8 Å². The van der Waals surface area contributed by atoms with Crippen LogP contribution in [0.5, 0.6) is 0 Å². The molecule has 1 aliphatic heterocycles. The lowest BCUT2D eigenvalue weighted by Gasteiger charge is -2.28. The van der Waals surface area contributed by atoms with Crippen molar-refractivity contribution in [1.29, 1.82) is 0 Å². The highest BCUT2D eigenvalue weighted by Gasteiger charge is 2.32. The second-order valence-electron chi connectivity index (χ2n) is 5.72. The van der Waals surface area contributed by atoms with E-state index in [2.05, 4.69) is 15.6 Å². The van der Waals surface area contributed by atoms with Crippen LogP contribution < -0.4 is 10.6 Å². The summed E-state index contributed by atoms with van der Waals surface area (Å²) in [6.45, 7) is 0.315. The van der Waals surface area contributed by atoms with Gasteiger partial charge in [-0.3, -0.25) is 14.6 Å². The minimum Gasteiger partial charge on any atom is -0.349 e. The van der Waals surface area contributed by atoms with Gasteiger partial charge in [0.05, 0.1) is 17.5 Å². The number of amides is 2. The van der Waals surface area contributed by atoms with Crippen LogP contribution >= 0.6 is 11.8 Å². The maximum absolute atomic E-state index is 13.7. The highest BCUT2D eigenvalue weighted by atomic mass is 32.2. The van der Waals surface area contributed by atoms with Crippen LogP contribution in [0.3, 0.4) is 0 Å². The molecule has 2 N–H and O–H groups in total. The third kappa shape index (κ3) is 4.57. The highest BCUT2D eigenvalue weighted by molar-refractivity contribution is 8.00. The maximum atomic E-state index is 13.7. The van der Waals surface area contributed by atoms with Crippen molar-refractivity contribution in [1.82, 2.24) is 15.6 Å². The van der Waals surface area contributed by atoms with E-state index in [1.54, 1.807) is 30.5 Å². The Hall–Kier alpha value is -2.41. The summed E-state index contributed by atoms with van der Waals surface area (Å²) in [6, 6.07) is 11.3. The molecule has 0 aliphatic carbocycles. The SMILES string of the molecule is O=C1N[C@@H](C(=O)NCc2ccccn2)CS[C@H]1Cc1ccccc1F. The summed E-state index contributed by atoms with van der Waals surface area (Å²) in [5.74, 6) is -0.335. The number of hydrogen-bond acceptors (Lipinski definition) is 4. The summed E-state index contributed by atoms with van der Waals surface area (Å²) in [6.07, 6.45) is 1.97. The van der Waals surface area contributed by atoms with Crippen LogP contribution in [0.15, 0.2) is 48.7 Å². The van der Waals surface area contributed by atoms with E-state index in [9.17, 15) is 14.0 Å². The molecular formula is C18H18FN3O2S. The lowest BCUT2D eigenvalue weighted by atomic mass is 10.1. The normalized spacial score (nSPS) is 20.0. The molecule has 2 atom stereocenters. The number of carbonyl (C=O) groups is 2. The molecule has 1 aromatic heterocycles. The van der Waals surface area contributed by atoms with Crippen molar-refractivity contribution < 1.29 is 14.0 Å². The molecule has 3 rings (SSSR count). The lowest BCUT2D eigenvalue weighted by Crippen LogP contribution is -2.54. The van der Waals surface area contributed by atoms with Gasteiger partial charge >= 0.3 is 0 Å². The second-order valence-corrected chi connectivity index (χ2v) is 6.95. The monoisotopic (exact) mass is 359 g/mol. The quantitative estimate of drug-likeness (QED) is 0.852. The maximum Gasteiger partial charge on any atom is 0.243 e. The molecule has 5 nitrogen and oxygen atoms in total. The molecule has 130 valence electrons. The van der Waals surface area contributed by atoms with Gasteiger partial charge in [-0.25, -0.2) is 4.39 Å². The van der Waals surface area contributed by atoms with E-state index in [4.69, 9.17) is 0 Å². The molecule has 2 amide bonds. The largest absolute Gasteiger partial charge is 0.349 e. The molecule has 0 bridgehead atoms. The van der Waals surface area contributed by atoms with Gasteiger partial charge in [0.2, 0.25) is 11.8 Å². The van der Waals surface area contributed by atoms with Crippen molar-refractivity contribution in [3.05, 3.63) is 65.7 Å². The molecule has 0 radical (unpaired) electrons. The first-order valence-electron chi connectivity index (χ1n) is 7.96. The van der Waals surface area contributed by atoms with E-state index in [0.29, 0.717) is 24.3 Å². The Balaban J connectivity index is 1.52. The number of hydrogen-bond donors (Lipinski definition) is 2. The fraction of sp³-hybridized carbons (Fsp3) is 0.278. The molecule has 1 aromatic carbocycles. The predicted molar refractivity (Wildman–Crippen MR) is 94.4 cm³/mol. The fourth-order valence-corrected chi connectivity index (χ4v) is 3.73. The van der Waals surface area contributed by atoms with Crippen LogP contribution in [-0.4, -0.2) is 33.8 Å². The summed E-state index contributed by atoms with van der Waals surface area (Å²) >= 11 is 1.38. The first-order chi connectivity index (χ1) is 12.1. The molecule has 1 aliphatic rings. The van der Waals surface area contributed by atoms with Crippen molar-refractivity contribution in [2.75, 3.05) is 5.75 Å². The molecular weight excluding hydrogens is 341 g/mol.